The smallest absolute Gasteiger partial charge is 0.305 e. The fraction of sp³-hybridized carbons (Fsp3) is 0.500. The van der Waals surface area contributed by atoms with E-state index in [-0.39, 0.29) is 17.9 Å². The molecule has 0 spiro atoms. The van der Waals surface area contributed by atoms with Crippen molar-refractivity contribution in [2.24, 2.45) is 0 Å². The van der Waals surface area contributed by atoms with E-state index in [1.165, 1.54) is 32.1 Å². The predicted octanol–water partition coefficient (Wildman–Crippen LogP) is 8.12. The molecule has 0 amide bonds. The number of aryl methyl sites for hydroxylation is 1. The number of ketones is 1. The van der Waals surface area contributed by atoms with Crippen LogP contribution in [-0.4, -0.2) is 29.0 Å². The van der Waals surface area contributed by atoms with Gasteiger partial charge in [-0.1, -0.05) is 64.2 Å². The van der Waals surface area contributed by atoms with E-state index in [0.29, 0.717) is 37.1 Å². The van der Waals surface area contributed by atoms with Crippen LogP contribution in [0, 0.1) is 0 Å². The van der Waals surface area contributed by atoms with Crippen LogP contribution in [0.25, 0.3) is 10.9 Å². The van der Waals surface area contributed by atoms with E-state index >= 15 is 0 Å². The van der Waals surface area contributed by atoms with E-state index in [1.807, 2.05) is 61.7 Å². The maximum Gasteiger partial charge on any atom is 0.305 e. The molecule has 0 saturated carbocycles. The lowest BCUT2D eigenvalue weighted by atomic mass is 10.0. The van der Waals surface area contributed by atoms with Crippen LogP contribution < -0.4 is 4.74 Å². The van der Waals surface area contributed by atoms with E-state index in [0.717, 1.165) is 35.9 Å². The number of hydrogen-bond acceptors (Lipinski definition) is 4. The van der Waals surface area contributed by atoms with Gasteiger partial charge in [-0.3, -0.25) is 9.59 Å². The van der Waals surface area contributed by atoms with Gasteiger partial charge >= 0.3 is 5.97 Å². The summed E-state index contributed by atoms with van der Waals surface area (Å²) in [7, 11) is 0. The van der Waals surface area contributed by atoms with Gasteiger partial charge in [0.25, 0.3) is 0 Å². The number of para-hydroxylation sites is 1. The molecule has 5 nitrogen and oxygen atoms in total. The second-order valence-electron chi connectivity index (χ2n) is 9.75. The second kappa shape index (κ2) is 15.2. The molecular formula is C32H43NO4. The van der Waals surface area contributed by atoms with Crippen LogP contribution in [0.5, 0.6) is 5.75 Å². The summed E-state index contributed by atoms with van der Waals surface area (Å²) < 4.78 is 13.4. The predicted molar refractivity (Wildman–Crippen MR) is 150 cm³/mol. The van der Waals surface area contributed by atoms with Crippen molar-refractivity contribution in [2.45, 2.75) is 97.6 Å². The van der Waals surface area contributed by atoms with Crippen molar-refractivity contribution in [3.8, 4) is 5.75 Å². The molecule has 0 saturated heterocycles. The van der Waals surface area contributed by atoms with Gasteiger partial charge in [-0.05, 0) is 62.9 Å². The number of hydrogen-bond donors (Lipinski definition) is 0. The molecule has 1 aromatic heterocycles. The number of aromatic nitrogens is 1. The van der Waals surface area contributed by atoms with Crippen molar-refractivity contribution in [2.75, 3.05) is 6.61 Å². The molecule has 1 atom stereocenters. The molecule has 3 aromatic rings. The van der Waals surface area contributed by atoms with Gasteiger partial charge in [-0.15, -0.1) is 0 Å². The Bertz CT molecular complexity index is 1120. The Kier molecular flexibility index (Phi) is 11.7. The molecule has 0 aliphatic heterocycles. The molecule has 1 heterocycles. The highest BCUT2D eigenvalue weighted by Gasteiger charge is 2.17. The van der Waals surface area contributed by atoms with Crippen LogP contribution >= 0.6 is 0 Å². The number of carbonyl (C=O) groups excluding carboxylic acids is 2. The normalized spacial score (nSPS) is 12.0. The van der Waals surface area contributed by atoms with Gasteiger partial charge in [-0.25, -0.2) is 0 Å². The van der Waals surface area contributed by atoms with Crippen LogP contribution in [0.1, 0.15) is 101 Å². The molecule has 0 aliphatic carbocycles. The van der Waals surface area contributed by atoms with E-state index in [9.17, 15) is 9.59 Å². The number of benzene rings is 2. The topological polar surface area (TPSA) is 57.5 Å². The average Bonchev–Trinajstić information content (AvgIpc) is 3.27. The highest BCUT2D eigenvalue weighted by Crippen LogP contribution is 2.26. The molecule has 1 unspecified atom stereocenters. The summed E-state index contributed by atoms with van der Waals surface area (Å²) in [5, 5.41) is 0.926. The number of ether oxygens (including phenoxy) is 2. The highest BCUT2D eigenvalue weighted by molar-refractivity contribution is 6.16. The Balaban J connectivity index is 1.67. The molecule has 0 radical (unpaired) electrons. The Hall–Kier alpha value is -3.08. The van der Waals surface area contributed by atoms with Gasteiger partial charge in [0.1, 0.15) is 5.75 Å². The van der Waals surface area contributed by atoms with Gasteiger partial charge in [0.2, 0.25) is 0 Å². The van der Waals surface area contributed by atoms with E-state index in [4.69, 9.17) is 9.47 Å². The standard InChI is InChI=1S/C32H43NO4/c1-4-7-8-9-10-15-26(14-5-2)37-27-21-19-25(20-22-27)32(35)29-24-33(23-13-18-31(34)36-6-3)30-17-12-11-16-28(29)30/h11-12,16-17,19-22,24,26H,4-10,13-15,18,23H2,1-3H3. The number of carbonyl (C=O) groups is 2. The lowest BCUT2D eigenvalue weighted by molar-refractivity contribution is -0.143. The third kappa shape index (κ3) is 8.48. The summed E-state index contributed by atoms with van der Waals surface area (Å²) in [6, 6.07) is 15.5. The van der Waals surface area contributed by atoms with Crippen LogP contribution in [-0.2, 0) is 16.1 Å². The van der Waals surface area contributed by atoms with Gasteiger partial charge in [-0.2, -0.15) is 0 Å². The summed E-state index contributed by atoms with van der Waals surface area (Å²) in [6.45, 7) is 7.29. The van der Waals surface area contributed by atoms with Crippen LogP contribution in [0.3, 0.4) is 0 Å². The van der Waals surface area contributed by atoms with E-state index in [2.05, 4.69) is 18.4 Å². The van der Waals surface area contributed by atoms with Crippen molar-refractivity contribution in [1.82, 2.24) is 4.57 Å². The molecule has 0 aliphatic rings. The maximum atomic E-state index is 13.5. The maximum absolute atomic E-state index is 13.5. The number of unbranched alkanes of at least 4 members (excludes halogenated alkanes) is 4. The molecule has 0 bridgehead atoms. The minimum Gasteiger partial charge on any atom is -0.490 e. The Morgan fingerprint density at radius 3 is 2.32 bits per heavy atom. The largest absolute Gasteiger partial charge is 0.490 e. The summed E-state index contributed by atoms with van der Waals surface area (Å²) in [5.74, 6) is 0.633. The van der Waals surface area contributed by atoms with Gasteiger partial charge in [0.15, 0.2) is 5.78 Å². The molecular weight excluding hydrogens is 462 g/mol. The molecule has 2 aromatic carbocycles. The summed E-state index contributed by atoms with van der Waals surface area (Å²) in [6.07, 6.45) is 12.7. The van der Waals surface area contributed by atoms with E-state index in [1.54, 1.807) is 0 Å². The molecule has 37 heavy (non-hydrogen) atoms. The van der Waals surface area contributed by atoms with Crippen LogP contribution in [0.2, 0.25) is 0 Å². The van der Waals surface area contributed by atoms with Crippen molar-refractivity contribution in [3.63, 3.8) is 0 Å². The zero-order chi connectivity index (χ0) is 26.5. The van der Waals surface area contributed by atoms with E-state index < -0.39 is 0 Å². The summed E-state index contributed by atoms with van der Waals surface area (Å²) in [4.78, 5) is 25.2. The minimum absolute atomic E-state index is 0.00655. The zero-order valence-corrected chi connectivity index (χ0v) is 22.8. The first kappa shape index (κ1) is 28.5. The second-order valence-corrected chi connectivity index (χ2v) is 9.75. The Morgan fingerprint density at radius 1 is 0.838 bits per heavy atom. The van der Waals surface area contributed by atoms with Gasteiger partial charge < -0.3 is 14.0 Å². The average molecular weight is 506 g/mol. The molecule has 0 fully saturated rings. The zero-order valence-electron chi connectivity index (χ0n) is 22.8. The third-order valence-corrected chi connectivity index (χ3v) is 6.78. The minimum atomic E-state index is -0.185. The quantitative estimate of drug-likeness (QED) is 0.106. The number of fused-ring (bicyclic) bond motifs is 1. The fourth-order valence-corrected chi connectivity index (χ4v) is 4.83. The lowest BCUT2D eigenvalue weighted by Gasteiger charge is -2.19. The molecule has 200 valence electrons. The SMILES string of the molecule is CCCCCCCC(CCC)Oc1ccc(C(=O)c2cn(CCCC(=O)OCC)c3ccccc23)cc1. The Morgan fingerprint density at radius 2 is 1.59 bits per heavy atom. The van der Waals surface area contributed by atoms with Crippen molar-refractivity contribution in [1.29, 1.82) is 0 Å². The van der Waals surface area contributed by atoms with Gasteiger partial charge in [0, 0.05) is 41.2 Å². The number of rotatable bonds is 17. The first-order valence-corrected chi connectivity index (χ1v) is 14.1. The first-order valence-electron chi connectivity index (χ1n) is 14.1. The van der Waals surface area contributed by atoms with Crippen LogP contribution in [0.15, 0.2) is 54.7 Å². The van der Waals surface area contributed by atoms with Crippen molar-refractivity contribution >= 4 is 22.7 Å². The van der Waals surface area contributed by atoms with Crippen LogP contribution in [0.4, 0.5) is 0 Å². The lowest BCUT2D eigenvalue weighted by Crippen LogP contribution is -2.16. The first-order chi connectivity index (χ1) is 18.1. The highest BCUT2D eigenvalue weighted by atomic mass is 16.5. The third-order valence-electron chi connectivity index (χ3n) is 6.78. The van der Waals surface area contributed by atoms with Crippen molar-refractivity contribution < 1.29 is 19.1 Å². The van der Waals surface area contributed by atoms with Crippen molar-refractivity contribution in [3.05, 3.63) is 65.9 Å². The summed E-state index contributed by atoms with van der Waals surface area (Å²) >= 11 is 0. The molecule has 5 heteroatoms. The van der Waals surface area contributed by atoms with Gasteiger partial charge in [0.05, 0.1) is 12.7 Å². The molecule has 0 N–H and O–H groups in total. The molecule has 3 rings (SSSR count). The monoisotopic (exact) mass is 505 g/mol. The number of esters is 1. The Labute approximate surface area is 222 Å². The summed E-state index contributed by atoms with van der Waals surface area (Å²) in [5.41, 5.74) is 2.32. The fourth-order valence-electron chi connectivity index (χ4n) is 4.83. The number of nitrogens with zero attached hydrogens (tertiary/aromatic N) is 1.